The molecular weight excluding hydrogens is 392 g/mol. The maximum Gasteiger partial charge on any atom is 0.179 e. The molecule has 30 heavy (non-hydrogen) atoms. The molecule has 0 radical (unpaired) electrons. The lowest BCUT2D eigenvalue weighted by atomic mass is 9.97. The van der Waals surface area contributed by atoms with Crippen LogP contribution in [0.2, 0.25) is 0 Å². The SMILES string of the molecule is CC1CCN(CC(CS(=O)(=O)c2ccc3ccccc3c2)N2CCC(C)CC2)CC1. The van der Waals surface area contributed by atoms with Gasteiger partial charge in [-0.05, 0) is 86.6 Å². The minimum absolute atomic E-state index is 0.0716. The second-order valence-corrected chi connectivity index (χ2v) is 11.7. The Balaban J connectivity index is 1.54. The van der Waals surface area contributed by atoms with E-state index >= 15 is 0 Å². The normalized spacial score (nSPS) is 21.8. The molecule has 2 aliphatic rings. The fourth-order valence-electron chi connectivity index (χ4n) is 4.92. The van der Waals surface area contributed by atoms with Crippen LogP contribution in [0.3, 0.4) is 0 Å². The van der Waals surface area contributed by atoms with Gasteiger partial charge in [0.05, 0.1) is 10.6 Å². The first-order valence-corrected chi connectivity index (χ1v) is 13.2. The van der Waals surface area contributed by atoms with E-state index in [0.717, 1.165) is 55.3 Å². The highest BCUT2D eigenvalue weighted by molar-refractivity contribution is 7.91. The number of rotatable bonds is 6. The van der Waals surface area contributed by atoms with E-state index in [1.54, 1.807) is 6.07 Å². The van der Waals surface area contributed by atoms with Crippen LogP contribution in [0.4, 0.5) is 0 Å². The molecule has 2 heterocycles. The minimum Gasteiger partial charge on any atom is -0.302 e. The summed E-state index contributed by atoms with van der Waals surface area (Å²) < 4.78 is 26.9. The van der Waals surface area contributed by atoms with Gasteiger partial charge in [0, 0.05) is 12.6 Å². The van der Waals surface area contributed by atoms with E-state index in [4.69, 9.17) is 0 Å². The molecule has 1 unspecified atom stereocenters. The maximum absolute atomic E-state index is 13.4. The van der Waals surface area contributed by atoms with Crippen molar-refractivity contribution >= 4 is 20.6 Å². The highest BCUT2D eigenvalue weighted by atomic mass is 32.2. The van der Waals surface area contributed by atoms with E-state index in [-0.39, 0.29) is 11.8 Å². The topological polar surface area (TPSA) is 40.6 Å². The Morgan fingerprint density at radius 1 is 0.867 bits per heavy atom. The number of nitrogens with zero attached hydrogens (tertiary/aromatic N) is 2. The molecule has 0 N–H and O–H groups in total. The summed E-state index contributed by atoms with van der Waals surface area (Å²) in [5.41, 5.74) is 0. The zero-order valence-corrected chi connectivity index (χ0v) is 19.3. The Labute approximate surface area is 182 Å². The van der Waals surface area contributed by atoms with Crippen molar-refractivity contribution in [3.63, 3.8) is 0 Å². The molecule has 4 rings (SSSR count). The summed E-state index contributed by atoms with van der Waals surface area (Å²) in [5.74, 6) is 1.75. The van der Waals surface area contributed by atoms with Gasteiger partial charge in [0.1, 0.15) is 0 Å². The van der Waals surface area contributed by atoms with Crippen LogP contribution in [-0.2, 0) is 9.84 Å². The van der Waals surface area contributed by atoms with Crippen LogP contribution in [0, 0.1) is 11.8 Å². The molecule has 2 fully saturated rings. The lowest BCUT2D eigenvalue weighted by molar-refractivity contribution is 0.0974. The molecule has 2 saturated heterocycles. The summed E-state index contributed by atoms with van der Waals surface area (Å²) in [6.07, 6.45) is 4.79. The van der Waals surface area contributed by atoms with Gasteiger partial charge in [0.2, 0.25) is 0 Å². The van der Waals surface area contributed by atoms with Crippen LogP contribution < -0.4 is 0 Å². The first-order chi connectivity index (χ1) is 14.4. The number of piperidine rings is 2. The molecule has 4 nitrogen and oxygen atoms in total. The Bertz CT molecular complexity index is 943. The van der Waals surface area contributed by atoms with Crippen molar-refractivity contribution in [2.45, 2.75) is 50.5 Å². The average Bonchev–Trinajstić information content (AvgIpc) is 2.75. The molecule has 2 aromatic rings. The zero-order valence-electron chi connectivity index (χ0n) is 18.5. The Morgan fingerprint density at radius 3 is 2.13 bits per heavy atom. The quantitative estimate of drug-likeness (QED) is 0.682. The maximum atomic E-state index is 13.4. The molecule has 0 bridgehead atoms. The van der Waals surface area contributed by atoms with E-state index in [0.29, 0.717) is 4.90 Å². The van der Waals surface area contributed by atoms with Crippen LogP contribution in [0.25, 0.3) is 10.8 Å². The zero-order chi connectivity index (χ0) is 21.1. The molecule has 0 amide bonds. The number of likely N-dealkylation sites (tertiary alicyclic amines) is 2. The number of hydrogen-bond acceptors (Lipinski definition) is 4. The Kier molecular flexibility index (Phi) is 6.81. The van der Waals surface area contributed by atoms with Crippen molar-refractivity contribution in [1.29, 1.82) is 0 Å². The number of benzene rings is 2. The second-order valence-electron chi connectivity index (χ2n) is 9.65. The highest BCUT2D eigenvalue weighted by Crippen LogP contribution is 2.25. The van der Waals surface area contributed by atoms with Gasteiger partial charge in [-0.15, -0.1) is 0 Å². The Morgan fingerprint density at radius 2 is 1.47 bits per heavy atom. The van der Waals surface area contributed by atoms with Gasteiger partial charge in [-0.25, -0.2) is 8.42 Å². The van der Waals surface area contributed by atoms with E-state index in [1.165, 1.54) is 25.7 Å². The summed E-state index contributed by atoms with van der Waals surface area (Å²) in [4.78, 5) is 5.42. The van der Waals surface area contributed by atoms with Gasteiger partial charge in [-0.1, -0.05) is 44.2 Å². The van der Waals surface area contributed by atoms with Crippen molar-refractivity contribution in [2.24, 2.45) is 11.8 Å². The molecule has 1 atom stereocenters. The van der Waals surface area contributed by atoms with Crippen LogP contribution in [-0.4, -0.2) is 62.7 Å². The largest absolute Gasteiger partial charge is 0.302 e. The molecule has 0 saturated carbocycles. The Hall–Kier alpha value is -1.43. The molecule has 0 aromatic heterocycles. The minimum atomic E-state index is -3.34. The first kappa shape index (κ1) is 21.8. The lowest BCUT2D eigenvalue weighted by Gasteiger charge is -2.40. The molecule has 0 spiro atoms. The molecular formula is C25H36N2O2S. The summed E-state index contributed by atoms with van der Waals surface area (Å²) in [6, 6.07) is 13.6. The highest BCUT2D eigenvalue weighted by Gasteiger charge is 2.31. The number of fused-ring (bicyclic) bond motifs is 1. The van der Waals surface area contributed by atoms with Crippen molar-refractivity contribution in [1.82, 2.24) is 9.80 Å². The number of sulfone groups is 1. The third-order valence-corrected chi connectivity index (χ3v) is 8.97. The van der Waals surface area contributed by atoms with E-state index in [9.17, 15) is 8.42 Å². The van der Waals surface area contributed by atoms with Crippen LogP contribution >= 0.6 is 0 Å². The van der Waals surface area contributed by atoms with Gasteiger partial charge >= 0.3 is 0 Å². The third-order valence-electron chi connectivity index (χ3n) is 7.17. The third kappa shape index (κ3) is 5.24. The monoisotopic (exact) mass is 428 g/mol. The fraction of sp³-hybridized carbons (Fsp3) is 0.600. The molecule has 5 heteroatoms. The smallest absolute Gasteiger partial charge is 0.179 e. The second kappa shape index (κ2) is 9.37. The summed E-state index contributed by atoms with van der Waals surface area (Å²) in [6.45, 7) is 9.73. The van der Waals surface area contributed by atoms with E-state index < -0.39 is 9.84 Å². The van der Waals surface area contributed by atoms with Gasteiger partial charge in [0.15, 0.2) is 9.84 Å². The molecule has 2 aromatic carbocycles. The van der Waals surface area contributed by atoms with Gasteiger partial charge in [-0.2, -0.15) is 0 Å². The van der Waals surface area contributed by atoms with Crippen LogP contribution in [0.5, 0.6) is 0 Å². The van der Waals surface area contributed by atoms with Crippen LogP contribution in [0.15, 0.2) is 47.4 Å². The average molecular weight is 429 g/mol. The van der Waals surface area contributed by atoms with Gasteiger partial charge < -0.3 is 4.90 Å². The van der Waals surface area contributed by atoms with Crippen LogP contribution in [0.1, 0.15) is 39.5 Å². The van der Waals surface area contributed by atoms with E-state index in [2.05, 4.69) is 23.6 Å². The van der Waals surface area contributed by atoms with Crippen molar-refractivity contribution in [3.05, 3.63) is 42.5 Å². The van der Waals surface area contributed by atoms with Gasteiger partial charge in [-0.3, -0.25) is 4.90 Å². The summed E-state index contributed by atoms with van der Waals surface area (Å²) in [5, 5.41) is 2.08. The van der Waals surface area contributed by atoms with Crippen molar-refractivity contribution < 1.29 is 8.42 Å². The predicted octanol–water partition coefficient (Wildman–Crippen LogP) is 4.45. The fourth-order valence-corrected chi connectivity index (χ4v) is 6.52. The molecule has 2 aliphatic heterocycles. The first-order valence-electron chi connectivity index (χ1n) is 11.6. The summed E-state index contributed by atoms with van der Waals surface area (Å²) in [7, 11) is -3.34. The number of hydrogen-bond donors (Lipinski definition) is 0. The van der Waals surface area contributed by atoms with Crippen molar-refractivity contribution in [2.75, 3.05) is 38.5 Å². The molecule has 164 valence electrons. The van der Waals surface area contributed by atoms with E-state index in [1.807, 2.05) is 36.4 Å². The molecule has 0 aliphatic carbocycles. The van der Waals surface area contributed by atoms with Gasteiger partial charge in [0.25, 0.3) is 0 Å². The standard InChI is InChI=1S/C25H36N2O2S/c1-20-9-13-26(14-10-20)18-24(27-15-11-21(2)12-16-27)19-30(28,29)25-8-7-22-5-3-4-6-23(22)17-25/h3-8,17,20-21,24H,9-16,18-19H2,1-2H3. The lowest BCUT2D eigenvalue weighted by Crippen LogP contribution is -2.51. The van der Waals surface area contributed by atoms with Crippen molar-refractivity contribution in [3.8, 4) is 0 Å². The predicted molar refractivity (Wildman–Crippen MR) is 125 cm³/mol. The summed E-state index contributed by atoms with van der Waals surface area (Å²) >= 11 is 0.